The molecule has 0 aromatic rings. The minimum atomic E-state index is -0.775. The minimum Gasteiger partial charge on any atom is -0.462 e. The normalized spacial score (nSPS) is 12.2. The highest BCUT2D eigenvalue weighted by Crippen LogP contribution is 2.15. The first-order chi connectivity index (χ1) is 29.5. The van der Waals surface area contributed by atoms with Crippen molar-refractivity contribution in [1.29, 1.82) is 0 Å². The van der Waals surface area contributed by atoms with Gasteiger partial charge in [0, 0.05) is 19.3 Å². The van der Waals surface area contributed by atoms with E-state index in [2.05, 4.69) is 57.2 Å². The molecule has 0 aliphatic carbocycles. The molecule has 0 radical (unpaired) electrons. The molecule has 60 heavy (non-hydrogen) atoms. The van der Waals surface area contributed by atoms with Crippen LogP contribution >= 0.6 is 0 Å². The van der Waals surface area contributed by atoms with Gasteiger partial charge < -0.3 is 14.2 Å². The minimum absolute atomic E-state index is 0.0758. The average Bonchev–Trinajstić information content (AvgIpc) is 3.24. The molecule has 0 aliphatic rings. The van der Waals surface area contributed by atoms with Crippen molar-refractivity contribution in [2.24, 2.45) is 0 Å². The largest absolute Gasteiger partial charge is 0.462 e. The van der Waals surface area contributed by atoms with E-state index in [-0.39, 0.29) is 31.1 Å². The van der Waals surface area contributed by atoms with Crippen LogP contribution in [0.5, 0.6) is 0 Å². The quantitative estimate of drug-likeness (QED) is 0.0200. The van der Waals surface area contributed by atoms with Gasteiger partial charge in [0.2, 0.25) is 0 Å². The number of hydrogen-bond acceptors (Lipinski definition) is 6. The average molecular weight is 843 g/mol. The van der Waals surface area contributed by atoms with Crippen LogP contribution in [-0.4, -0.2) is 37.2 Å². The molecule has 0 fully saturated rings. The van der Waals surface area contributed by atoms with E-state index in [0.29, 0.717) is 19.3 Å². The fourth-order valence-corrected chi connectivity index (χ4v) is 7.43. The second kappa shape index (κ2) is 49.3. The zero-order chi connectivity index (χ0) is 43.7. The van der Waals surface area contributed by atoms with Gasteiger partial charge in [-0.2, -0.15) is 0 Å². The SMILES string of the molecule is CCCCC/C=C\C=C/CCCCCCCCC(=O)OC(COC(=O)CCCCCCCCC/C=C\CCCCCCCC)COC(=O)CCCCCCCCCCCC. The molecular weight excluding hydrogens is 745 g/mol. The lowest BCUT2D eigenvalue weighted by atomic mass is 10.1. The standard InChI is InChI=1S/C54H98O6/c1-4-7-10-13-16-19-22-24-26-27-29-30-32-35-38-41-44-47-53(56)59-50-51(49-58-52(55)46-43-40-37-34-21-18-15-12-9-6-3)60-54(57)48-45-42-39-36-33-31-28-25-23-20-17-14-11-8-5-2/h17,20,23-26,51H,4-16,18-19,21-22,27-50H2,1-3H3/b20-17-,25-23-,26-24-. The number of unbranched alkanes of at least 4 members (excludes halogenated alkanes) is 31. The molecule has 6 nitrogen and oxygen atoms in total. The van der Waals surface area contributed by atoms with Crippen LogP contribution in [0.4, 0.5) is 0 Å². The van der Waals surface area contributed by atoms with Crippen LogP contribution in [0.15, 0.2) is 36.5 Å². The van der Waals surface area contributed by atoms with Crippen molar-refractivity contribution in [2.75, 3.05) is 13.2 Å². The van der Waals surface area contributed by atoms with Crippen molar-refractivity contribution in [2.45, 2.75) is 277 Å². The molecule has 0 aliphatic heterocycles. The van der Waals surface area contributed by atoms with Gasteiger partial charge in [0.05, 0.1) is 0 Å². The van der Waals surface area contributed by atoms with E-state index in [1.54, 1.807) is 0 Å². The second-order valence-corrected chi connectivity index (χ2v) is 17.5. The van der Waals surface area contributed by atoms with Crippen LogP contribution in [0, 0.1) is 0 Å². The summed E-state index contributed by atoms with van der Waals surface area (Å²) >= 11 is 0. The van der Waals surface area contributed by atoms with Gasteiger partial charge >= 0.3 is 17.9 Å². The Hall–Kier alpha value is -2.37. The predicted molar refractivity (Wildman–Crippen MR) is 256 cm³/mol. The van der Waals surface area contributed by atoms with Crippen molar-refractivity contribution in [3.05, 3.63) is 36.5 Å². The number of carbonyl (C=O) groups excluding carboxylic acids is 3. The zero-order valence-electron chi connectivity index (χ0n) is 40.0. The van der Waals surface area contributed by atoms with E-state index >= 15 is 0 Å². The van der Waals surface area contributed by atoms with E-state index < -0.39 is 6.10 Å². The van der Waals surface area contributed by atoms with E-state index in [1.807, 2.05) is 0 Å². The molecule has 350 valence electrons. The first-order valence-electron chi connectivity index (χ1n) is 26.0. The third-order valence-electron chi connectivity index (χ3n) is 11.4. The number of carbonyl (C=O) groups is 3. The molecular formula is C54H98O6. The molecule has 0 aromatic heterocycles. The fourth-order valence-electron chi connectivity index (χ4n) is 7.43. The summed E-state index contributed by atoms with van der Waals surface area (Å²) in [5, 5.41) is 0. The van der Waals surface area contributed by atoms with E-state index in [0.717, 1.165) is 64.2 Å². The topological polar surface area (TPSA) is 78.9 Å². The number of ether oxygens (including phenoxy) is 3. The molecule has 0 amide bonds. The summed E-state index contributed by atoms with van der Waals surface area (Å²) in [6.45, 7) is 6.60. The lowest BCUT2D eigenvalue weighted by Gasteiger charge is -2.18. The van der Waals surface area contributed by atoms with Gasteiger partial charge in [-0.3, -0.25) is 14.4 Å². The Balaban J connectivity index is 4.34. The Kier molecular flexibility index (Phi) is 47.3. The van der Waals surface area contributed by atoms with Crippen molar-refractivity contribution >= 4 is 17.9 Å². The molecule has 1 unspecified atom stereocenters. The maximum Gasteiger partial charge on any atom is 0.306 e. The van der Waals surface area contributed by atoms with E-state index in [1.165, 1.54) is 167 Å². The van der Waals surface area contributed by atoms with Crippen molar-refractivity contribution < 1.29 is 28.6 Å². The van der Waals surface area contributed by atoms with Gasteiger partial charge in [0.1, 0.15) is 13.2 Å². The van der Waals surface area contributed by atoms with E-state index in [9.17, 15) is 14.4 Å². The number of hydrogen-bond donors (Lipinski definition) is 0. The summed E-state index contributed by atoms with van der Waals surface area (Å²) in [5.41, 5.74) is 0. The molecule has 0 heterocycles. The summed E-state index contributed by atoms with van der Waals surface area (Å²) in [7, 11) is 0. The van der Waals surface area contributed by atoms with Gasteiger partial charge in [-0.25, -0.2) is 0 Å². The Bertz CT molecular complexity index is 1020. The van der Waals surface area contributed by atoms with Gasteiger partial charge in [-0.05, 0) is 70.6 Å². The van der Waals surface area contributed by atoms with Gasteiger partial charge in [0.15, 0.2) is 6.10 Å². The molecule has 1 atom stereocenters. The summed E-state index contributed by atoms with van der Waals surface area (Å²) < 4.78 is 16.8. The van der Waals surface area contributed by atoms with Crippen LogP contribution in [0.3, 0.4) is 0 Å². The summed E-state index contributed by atoms with van der Waals surface area (Å²) in [6, 6.07) is 0. The molecule has 0 bridgehead atoms. The molecule has 0 saturated carbocycles. The smallest absolute Gasteiger partial charge is 0.306 e. The van der Waals surface area contributed by atoms with Crippen molar-refractivity contribution in [3.8, 4) is 0 Å². The molecule has 0 spiro atoms. The Labute approximate surface area is 372 Å². The first-order valence-corrected chi connectivity index (χ1v) is 26.0. The molecule has 0 saturated heterocycles. The molecule has 0 N–H and O–H groups in total. The van der Waals surface area contributed by atoms with Crippen molar-refractivity contribution in [1.82, 2.24) is 0 Å². The van der Waals surface area contributed by atoms with Crippen molar-refractivity contribution in [3.63, 3.8) is 0 Å². The fraction of sp³-hybridized carbons (Fsp3) is 0.833. The van der Waals surface area contributed by atoms with Crippen LogP contribution in [0.25, 0.3) is 0 Å². The van der Waals surface area contributed by atoms with Crippen LogP contribution in [0.1, 0.15) is 271 Å². The third-order valence-corrected chi connectivity index (χ3v) is 11.4. The lowest BCUT2D eigenvalue weighted by Crippen LogP contribution is -2.30. The summed E-state index contributed by atoms with van der Waals surface area (Å²) in [4.78, 5) is 37.9. The summed E-state index contributed by atoms with van der Waals surface area (Å²) in [6.07, 6.45) is 56.9. The summed E-state index contributed by atoms with van der Waals surface area (Å²) in [5.74, 6) is -0.884. The highest BCUT2D eigenvalue weighted by Gasteiger charge is 2.19. The molecule has 0 rings (SSSR count). The maximum absolute atomic E-state index is 12.8. The lowest BCUT2D eigenvalue weighted by molar-refractivity contribution is -0.167. The monoisotopic (exact) mass is 843 g/mol. The Morgan fingerprint density at radius 3 is 0.967 bits per heavy atom. The Morgan fingerprint density at radius 1 is 0.333 bits per heavy atom. The first kappa shape index (κ1) is 57.6. The second-order valence-electron chi connectivity index (χ2n) is 17.5. The van der Waals surface area contributed by atoms with Crippen LogP contribution in [0.2, 0.25) is 0 Å². The maximum atomic E-state index is 12.8. The van der Waals surface area contributed by atoms with Crippen LogP contribution in [-0.2, 0) is 28.6 Å². The highest BCUT2D eigenvalue weighted by molar-refractivity contribution is 5.71. The van der Waals surface area contributed by atoms with Gasteiger partial charge in [0.25, 0.3) is 0 Å². The molecule has 0 aromatic carbocycles. The number of allylic oxidation sites excluding steroid dienone is 6. The number of rotatable bonds is 47. The zero-order valence-corrected chi connectivity index (χ0v) is 40.0. The van der Waals surface area contributed by atoms with Gasteiger partial charge in [-0.1, -0.05) is 218 Å². The third kappa shape index (κ3) is 46.7. The predicted octanol–water partition coefficient (Wildman–Crippen LogP) is 16.9. The highest BCUT2D eigenvalue weighted by atomic mass is 16.6. The number of esters is 3. The van der Waals surface area contributed by atoms with Gasteiger partial charge in [-0.15, -0.1) is 0 Å². The van der Waals surface area contributed by atoms with Crippen LogP contribution < -0.4 is 0 Å². The Morgan fingerprint density at radius 2 is 0.600 bits per heavy atom. The van der Waals surface area contributed by atoms with E-state index in [4.69, 9.17) is 14.2 Å². The molecule has 6 heteroatoms.